The minimum absolute atomic E-state index is 0.242. The van der Waals surface area contributed by atoms with Gasteiger partial charge in [0.05, 0.1) is 6.54 Å². The van der Waals surface area contributed by atoms with Crippen molar-refractivity contribution in [3.8, 4) is 5.75 Å². The summed E-state index contributed by atoms with van der Waals surface area (Å²) in [6.07, 6.45) is 3.26. The van der Waals surface area contributed by atoms with Gasteiger partial charge in [-0.1, -0.05) is 17.7 Å². The van der Waals surface area contributed by atoms with Crippen molar-refractivity contribution in [1.29, 1.82) is 0 Å². The number of hydrogen-bond acceptors (Lipinski definition) is 5. The number of pyridine rings is 1. The van der Waals surface area contributed by atoms with Crippen molar-refractivity contribution in [1.82, 2.24) is 9.29 Å². The molecular formula is C18H22ClN3O3S. The molecule has 2 aromatic rings. The highest BCUT2D eigenvalue weighted by atomic mass is 35.5. The lowest BCUT2D eigenvalue weighted by Gasteiger charge is -2.19. The summed E-state index contributed by atoms with van der Waals surface area (Å²) < 4.78 is 32.2. The zero-order valence-electron chi connectivity index (χ0n) is 14.6. The number of sulfonamides is 1. The number of likely N-dealkylation sites (N-methyl/N-ethyl adjacent to an activating group) is 1. The molecule has 1 saturated heterocycles. The monoisotopic (exact) mass is 395 g/mol. The minimum atomic E-state index is -3.42. The van der Waals surface area contributed by atoms with E-state index in [9.17, 15) is 8.42 Å². The van der Waals surface area contributed by atoms with Gasteiger partial charge in [-0.05, 0) is 43.2 Å². The molecule has 0 atom stereocenters. The maximum Gasteiger partial charge on any atom is 0.244 e. The predicted octanol–water partition coefficient (Wildman–Crippen LogP) is 3.03. The van der Waals surface area contributed by atoms with E-state index in [1.807, 2.05) is 24.1 Å². The highest BCUT2D eigenvalue weighted by Gasteiger charge is 2.27. The molecule has 0 saturated carbocycles. The first-order chi connectivity index (χ1) is 12.5. The quantitative estimate of drug-likeness (QED) is 0.721. The van der Waals surface area contributed by atoms with Gasteiger partial charge in [0, 0.05) is 31.4 Å². The van der Waals surface area contributed by atoms with E-state index in [1.165, 1.54) is 10.5 Å². The van der Waals surface area contributed by atoms with Crippen LogP contribution in [0.25, 0.3) is 0 Å². The second kappa shape index (κ2) is 8.24. The summed E-state index contributed by atoms with van der Waals surface area (Å²) in [6.45, 7) is 2.25. The molecule has 0 aliphatic carbocycles. The molecule has 0 spiro atoms. The van der Waals surface area contributed by atoms with Crippen molar-refractivity contribution in [2.24, 2.45) is 0 Å². The van der Waals surface area contributed by atoms with Gasteiger partial charge in [-0.25, -0.2) is 13.4 Å². The van der Waals surface area contributed by atoms with Gasteiger partial charge < -0.3 is 9.64 Å². The van der Waals surface area contributed by atoms with Gasteiger partial charge in [0.25, 0.3) is 0 Å². The van der Waals surface area contributed by atoms with Gasteiger partial charge in [0.15, 0.2) is 0 Å². The van der Waals surface area contributed by atoms with Crippen LogP contribution >= 0.6 is 11.6 Å². The van der Waals surface area contributed by atoms with Crippen molar-refractivity contribution in [3.63, 3.8) is 0 Å². The van der Waals surface area contributed by atoms with Crippen LogP contribution in [-0.2, 0) is 10.0 Å². The number of anilines is 1. The second-order valence-electron chi connectivity index (χ2n) is 6.19. The molecule has 1 aromatic heterocycles. The van der Waals surface area contributed by atoms with Crippen molar-refractivity contribution in [2.75, 3.05) is 38.2 Å². The van der Waals surface area contributed by atoms with E-state index in [4.69, 9.17) is 16.3 Å². The number of nitrogens with zero attached hydrogens (tertiary/aromatic N) is 3. The van der Waals surface area contributed by atoms with Crippen LogP contribution in [0.4, 0.5) is 5.82 Å². The SMILES string of the molecule is CN(CCOc1cccc(Cl)c1)c1ccc(S(=O)(=O)N2CCCC2)cn1. The number of aromatic nitrogens is 1. The van der Waals surface area contributed by atoms with Gasteiger partial charge in [0.1, 0.15) is 23.1 Å². The van der Waals surface area contributed by atoms with E-state index < -0.39 is 10.0 Å². The van der Waals surface area contributed by atoms with Gasteiger partial charge >= 0.3 is 0 Å². The van der Waals surface area contributed by atoms with Crippen LogP contribution in [0.1, 0.15) is 12.8 Å². The first-order valence-electron chi connectivity index (χ1n) is 8.52. The lowest BCUT2D eigenvalue weighted by atomic mass is 10.3. The minimum Gasteiger partial charge on any atom is -0.492 e. The van der Waals surface area contributed by atoms with E-state index >= 15 is 0 Å². The molecule has 1 aliphatic rings. The number of hydrogen-bond donors (Lipinski definition) is 0. The van der Waals surface area contributed by atoms with Gasteiger partial charge in [-0.15, -0.1) is 0 Å². The molecule has 0 bridgehead atoms. The Morgan fingerprint density at radius 2 is 2.00 bits per heavy atom. The summed E-state index contributed by atoms with van der Waals surface area (Å²) >= 11 is 5.93. The molecule has 1 aliphatic heterocycles. The Labute approximate surface area is 159 Å². The van der Waals surface area contributed by atoms with Crippen LogP contribution in [0.15, 0.2) is 47.5 Å². The Morgan fingerprint density at radius 1 is 1.23 bits per heavy atom. The summed E-state index contributed by atoms with van der Waals surface area (Å²) in [5.74, 6) is 1.41. The molecule has 0 radical (unpaired) electrons. The third kappa shape index (κ3) is 4.47. The summed E-state index contributed by atoms with van der Waals surface area (Å²) in [6, 6.07) is 10.6. The van der Waals surface area contributed by atoms with Crippen molar-refractivity contribution in [2.45, 2.75) is 17.7 Å². The van der Waals surface area contributed by atoms with Crippen LogP contribution in [0.5, 0.6) is 5.75 Å². The fourth-order valence-electron chi connectivity index (χ4n) is 2.80. The van der Waals surface area contributed by atoms with Crippen molar-refractivity contribution >= 4 is 27.4 Å². The van der Waals surface area contributed by atoms with Crippen LogP contribution < -0.4 is 9.64 Å². The van der Waals surface area contributed by atoms with Crippen LogP contribution in [0, 0.1) is 0 Å². The Bertz CT molecular complexity index is 837. The second-order valence-corrected chi connectivity index (χ2v) is 8.57. The van der Waals surface area contributed by atoms with E-state index in [2.05, 4.69) is 4.98 Å². The molecule has 8 heteroatoms. The zero-order chi connectivity index (χ0) is 18.6. The predicted molar refractivity (Wildman–Crippen MR) is 102 cm³/mol. The summed E-state index contributed by atoms with van der Waals surface area (Å²) in [5, 5.41) is 0.632. The third-order valence-electron chi connectivity index (χ3n) is 4.31. The molecule has 6 nitrogen and oxygen atoms in total. The van der Waals surface area contributed by atoms with Gasteiger partial charge in [-0.3, -0.25) is 0 Å². The number of ether oxygens (including phenoxy) is 1. The molecule has 0 amide bonds. The Kier molecular flexibility index (Phi) is 6.01. The summed E-state index contributed by atoms with van der Waals surface area (Å²) in [7, 11) is -1.54. The highest BCUT2D eigenvalue weighted by molar-refractivity contribution is 7.89. The first kappa shape index (κ1) is 18.9. The molecule has 3 rings (SSSR count). The Hall–Kier alpha value is -1.83. The number of rotatable bonds is 7. The van der Waals surface area contributed by atoms with E-state index in [0.29, 0.717) is 42.8 Å². The molecular weight excluding hydrogens is 374 g/mol. The Morgan fingerprint density at radius 3 is 2.65 bits per heavy atom. The molecule has 1 aromatic carbocycles. The van der Waals surface area contributed by atoms with Crippen molar-refractivity contribution < 1.29 is 13.2 Å². The number of benzene rings is 1. The fraction of sp³-hybridized carbons (Fsp3) is 0.389. The molecule has 2 heterocycles. The fourth-order valence-corrected chi connectivity index (χ4v) is 4.44. The van der Waals surface area contributed by atoms with E-state index in [1.54, 1.807) is 24.3 Å². The lowest BCUT2D eigenvalue weighted by molar-refractivity contribution is 0.325. The molecule has 0 N–H and O–H groups in total. The average molecular weight is 396 g/mol. The lowest BCUT2D eigenvalue weighted by Crippen LogP contribution is -2.28. The van der Waals surface area contributed by atoms with Crippen LogP contribution in [0.3, 0.4) is 0 Å². The molecule has 140 valence electrons. The largest absolute Gasteiger partial charge is 0.492 e. The molecule has 26 heavy (non-hydrogen) atoms. The topological polar surface area (TPSA) is 62.7 Å². The number of halogens is 1. The zero-order valence-corrected chi connectivity index (χ0v) is 16.2. The first-order valence-corrected chi connectivity index (χ1v) is 10.3. The maximum atomic E-state index is 12.5. The maximum absolute atomic E-state index is 12.5. The smallest absolute Gasteiger partial charge is 0.244 e. The van der Waals surface area contributed by atoms with Gasteiger partial charge in [-0.2, -0.15) is 4.31 Å². The highest BCUT2D eigenvalue weighted by Crippen LogP contribution is 2.22. The standard InChI is InChI=1S/C18H22ClN3O3S/c1-21(11-12-25-16-6-4-5-15(19)13-16)18-8-7-17(14-20-18)26(23,24)22-9-2-3-10-22/h4-8,13-14H,2-3,9-12H2,1H3. The summed E-state index contributed by atoms with van der Waals surface area (Å²) in [4.78, 5) is 6.46. The molecule has 1 fully saturated rings. The van der Waals surface area contributed by atoms with Crippen LogP contribution in [-0.4, -0.2) is 51.0 Å². The molecule has 0 unspecified atom stereocenters. The average Bonchev–Trinajstić information content (AvgIpc) is 3.17. The van der Waals surface area contributed by atoms with Gasteiger partial charge in [0.2, 0.25) is 10.0 Å². The van der Waals surface area contributed by atoms with Crippen LogP contribution in [0.2, 0.25) is 5.02 Å². The Balaban J connectivity index is 1.57. The van der Waals surface area contributed by atoms with Crippen molar-refractivity contribution in [3.05, 3.63) is 47.6 Å². The van der Waals surface area contributed by atoms with E-state index in [-0.39, 0.29) is 4.90 Å². The summed E-state index contributed by atoms with van der Waals surface area (Å²) in [5.41, 5.74) is 0. The normalized spacial score (nSPS) is 15.2. The third-order valence-corrected chi connectivity index (χ3v) is 6.42. The van der Waals surface area contributed by atoms with E-state index in [0.717, 1.165) is 12.8 Å².